The molecule has 1 aromatic heterocycles. The van der Waals surface area contributed by atoms with E-state index in [4.69, 9.17) is 0 Å². The van der Waals surface area contributed by atoms with E-state index in [9.17, 15) is 22.8 Å². The second-order valence-electron chi connectivity index (χ2n) is 4.59. The smallest absolute Gasteiger partial charge is 0.325 e. The van der Waals surface area contributed by atoms with Crippen molar-refractivity contribution in [2.24, 2.45) is 5.92 Å². The Morgan fingerprint density at radius 2 is 2.15 bits per heavy atom. The van der Waals surface area contributed by atoms with E-state index in [2.05, 4.69) is 15.6 Å². The predicted octanol–water partition coefficient (Wildman–Crippen LogP) is -1.38. The number of nitrogens with one attached hydrogen (secondary N) is 4. The van der Waals surface area contributed by atoms with E-state index in [1.807, 2.05) is 4.98 Å². The summed E-state index contributed by atoms with van der Waals surface area (Å²) in [4.78, 5) is 37.9. The molecule has 0 aromatic carbocycles. The van der Waals surface area contributed by atoms with E-state index in [1.165, 1.54) is 0 Å². The summed E-state index contributed by atoms with van der Waals surface area (Å²) < 4.78 is 22.5. The zero-order valence-electron chi connectivity index (χ0n) is 10.4. The molecule has 0 spiro atoms. The monoisotopic (exact) mass is 302 g/mol. The summed E-state index contributed by atoms with van der Waals surface area (Å²) in [5.41, 5.74) is -1.48. The number of carbonyl (C=O) groups excluding carboxylic acids is 1. The van der Waals surface area contributed by atoms with E-state index in [-0.39, 0.29) is 29.7 Å². The molecule has 0 aliphatic carbocycles. The van der Waals surface area contributed by atoms with Gasteiger partial charge in [0.15, 0.2) is 9.84 Å². The summed E-state index contributed by atoms with van der Waals surface area (Å²) >= 11 is 0. The lowest BCUT2D eigenvalue weighted by Crippen LogP contribution is -2.36. The van der Waals surface area contributed by atoms with E-state index in [0.29, 0.717) is 6.42 Å². The minimum absolute atomic E-state index is 0.0620. The largest absolute Gasteiger partial charge is 0.338 e. The van der Waals surface area contributed by atoms with Crippen molar-refractivity contribution in [1.29, 1.82) is 0 Å². The second-order valence-corrected chi connectivity index (χ2v) is 6.82. The molecule has 1 saturated heterocycles. The van der Waals surface area contributed by atoms with E-state index < -0.39 is 27.1 Å². The van der Waals surface area contributed by atoms with Gasteiger partial charge in [-0.3, -0.25) is 9.78 Å². The highest BCUT2D eigenvalue weighted by Gasteiger charge is 2.27. The predicted molar refractivity (Wildman–Crippen MR) is 71.5 cm³/mol. The fourth-order valence-electron chi connectivity index (χ4n) is 1.94. The van der Waals surface area contributed by atoms with Gasteiger partial charge in [0.1, 0.15) is 5.69 Å². The van der Waals surface area contributed by atoms with Gasteiger partial charge in [0.25, 0.3) is 5.56 Å². The summed E-state index contributed by atoms with van der Waals surface area (Å²) in [7, 11) is -2.98. The number of hydrogen-bond acceptors (Lipinski definition) is 5. The van der Waals surface area contributed by atoms with Crippen LogP contribution in [0, 0.1) is 5.92 Å². The molecule has 110 valence electrons. The third-order valence-electron chi connectivity index (χ3n) is 2.95. The third kappa shape index (κ3) is 3.70. The highest BCUT2D eigenvalue weighted by atomic mass is 32.2. The Labute approximate surface area is 113 Å². The molecule has 2 rings (SSSR count). The van der Waals surface area contributed by atoms with Crippen LogP contribution in [0.25, 0.3) is 0 Å². The SMILES string of the molecule is O=C(NC[C@H]1CCS(=O)(=O)C1)Nc1c[nH]c(=O)[nH]c1=O. The van der Waals surface area contributed by atoms with Gasteiger partial charge in [0.05, 0.1) is 11.5 Å². The van der Waals surface area contributed by atoms with E-state index >= 15 is 0 Å². The number of aromatic amines is 2. The van der Waals surface area contributed by atoms with Crippen LogP contribution in [0.1, 0.15) is 6.42 Å². The van der Waals surface area contributed by atoms with Gasteiger partial charge in [-0.25, -0.2) is 18.0 Å². The maximum absolute atomic E-state index is 11.6. The fourth-order valence-corrected chi connectivity index (χ4v) is 3.80. The molecule has 1 aliphatic heterocycles. The van der Waals surface area contributed by atoms with E-state index in [0.717, 1.165) is 6.20 Å². The Hall–Kier alpha value is -2.10. The lowest BCUT2D eigenvalue weighted by Gasteiger charge is -2.10. The molecule has 2 amide bonds. The first-order valence-electron chi connectivity index (χ1n) is 5.93. The van der Waals surface area contributed by atoms with Crippen molar-refractivity contribution in [3.63, 3.8) is 0 Å². The fraction of sp³-hybridized carbons (Fsp3) is 0.500. The van der Waals surface area contributed by atoms with Crippen LogP contribution in [0.2, 0.25) is 0 Å². The van der Waals surface area contributed by atoms with Gasteiger partial charge in [-0.15, -0.1) is 0 Å². The Morgan fingerprint density at radius 1 is 1.40 bits per heavy atom. The first-order chi connectivity index (χ1) is 9.35. The van der Waals surface area contributed by atoms with Crippen molar-refractivity contribution < 1.29 is 13.2 Å². The van der Waals surface area contributed by atoms with Crippen LogP contribution in [-0.2, 0) is 9.84 Å². The maximum Gasteiger partial charge on any atom is 0.325 e. The van der Waals surface area contributed by atoms with Crippen LogP contribution in [0.4, 0.5) is 10.5 Å². The first-order valence-corrected chi connectivity index (χ1v) is 7.75. The molecule has 1 aliphatic rings. The Balaban J connectivity index is 1.87. The number of carbonyl (C=O) groups is 1. The van der Waals surface area contributed by atoms with Crippen molar-refractivity contribution in [1.82, 2.24) is 15.3 Å². The maximum atomic E-state index is 11.6. The number of urea groups is 1. The molecular weight excluding hydrogens is 288 g/mol. The van der Waals surface area contributed by atoms with Crippen molar-refractivity contribution >= 4 is 21.6 Å². The first kappa shape index (κ1) is 14.3. The van der Waals surface area contributed by atoms with Crippen LogP contribution in [0.3, 0.4) is 0 Å². The van der Waals surface area contributed by atoms with Crippen molar-refractivity contribution in [2.45, 2.75) is 6.42 Å². The third-order valence-corrected chi connectivity index (χ3v) is 4.78. The van der Waals surface area contributed by atoms with Crippen LogP contribution >= 0.6 is 0 Å². The molecule has 0 unspecified atom stereocenters. The number of hydrogen-bond donors (Lipinski definition) is 4. The average Bonchev–Trinajstić information content (AvgIpc) is 2.70. The van der Waals surface area contributed by atoms with Crippen LogP contribution in [-0.4, -0.2) is 42.5 Å². The Morgan fingerprint density at radius 3 is 2.75 bits per heavy atom. The molecule has 0 saturated carbocycles. The Bertz CT molecular complexity index is 720. The standard InChI is InChI=1S/C10H14N4O5S/c15-8-7(4-12-10(17)14-8)13-9(16)11-3-6-1-2-20(18,19)5-6/h4,6H,1-3,5H2,(H2,11,13,16)(H2,12,14,15,17)/t6-/m1/s1. The quantitative estimate of drug-likeness (QED) is 0.544. The minimum Gasteiger partial charge on any atom is -0.338 e. The normalized spacial score (nSPS) is 20.5. The van der Waals surface area contributed by atoms with Crippen molar-refractivity contribution in [3.05, 3.63) is 27.0 Å². The highest BCUT2D eigenvalue weighted by molar-refractivity contribution is 7.91. The molecule has 20 heavy (non-hydrogen) atoms. The molecule has 1 atom stereocenters. The molecular formula is C10H14N4O5S. The minimum atomic E-state index is -2.98. The van der Waals surface area contributed by atoms with Gasteiger partial charge in [-0.1, -0.05) is 0 Å². The number of sulfone groups is 1. The van der Waals surface area contributed by atoms with Gasteiger partial charge >= 0.3 is 11.7 Å². The van der Waals surface area contributed by atoms with Crippen molar-refractivity contribution in [2.75, 3.05) is 23.4 Å². The molecule has 0 bridgehead atoms. The number of amides is 2. The number of H-pyrrole nitrogens is 2. The van der Waals surface area contributed by atoms with Gasteiger partial charge in [-0.2, -0.15) is 0 Å². The summed E-state index contributed by atoms with van der Waals surface area (Å²) in [5.74, 6) is 0.0900. The molecule has 1 aromatic rings. The second kappa shape index (κ2) is 5.49. The molecule has 2 heterocycles. The van der Waals surface area contributed by atoms with Gasteiger partial charge < -0.3 is 15.6 Å². The van der Waals surface area contributed by atoms with Crippen LogP contribution < -0.4 is 21.9 Å². The van der Waals surface area contributed by atoms with Crippen LogP contribution in [0.5, 0.6) is 0 Å². The summed E-state index contributed by atoms with van der Waals surface area (Å²) in [6.07, 6.45) is 1.60. The summed E-state index contributed by atoms with van der Waals surface area (Å²) in [6.45, 7) is 0.215. The lowest BCUT2D eigenvalue weighted by atomic mass is 10.1. The molecule has 10 heteroatoms. The summed E-state index contributed by atoms with van der Waals surface area (Å²) in [6, 6.07) is -0.633. The molecule has 9 nitrogen and oxygen atoms in total. The van der Waals surface area contributed by atoms with Gasteiger partial charge in [-0.05, 0) is 12.3 Å². The van der Waals surface area contributed by atoms with Crippen LogP contribution in [0.15, 0.2) is 15.8 Å². The topological polar surface area (TPSA) is 141 Å². The molecule has 1 fully saturated rings. The number of anilines is 1. The Kier molecular flexibility index (Phi) is 3.93. The number of rotatable bonds is 3. The summed E-state index contributed by atoms with van der Waals surface area (Å²) in [5, 5.41) is 4.76. The van der Waals surface area contributed by atoms with Gasteiger partial charge in [0, 0.05) is 12.7 Å². The molecule has 0 radical (unpaired) electrons. The highest BCUT2D eigenvalue weighted by Crippen LogP contribution is 2.17. The zero-order valence-corrected chi connectivity index (χ0v) is 11.2. The van der Waals surface area contributed by atoms with Gasteiger partial charge in [0.2, 0.25) is 0 Å². The van der Waals surface area contributed by atoms with E-state index in [1.54, 1.807) is 0 Å². The molecule has 4 N–H and O–H groups in total. The van der Waals surface area contributed by atoms with Crippen molar-refractivity contribution in [3.8, 4) is 0 Å². The average molecular weight is 302 g/mol. The number of aromatic nitrogens is 2. The lowest BCUT2D eigenvalue weighted by molar-refractivity contribution is 0.250. The zero-order chi connectivity index (χ0) is 14.8.